The van der Waals surface area contributed by atoms with Crippen LogP contribution in [0.5, 0.6) is 0 Å². The molecule has 0 saturated heterocycles. The molecular formula is C19H26N6O3S. The van der Waals surface area contributed by atoms with Crippen LogP contribution < -0.4 is 11.2 Å². The monoisotopic (exact) mass is 418 g/mol. The lowest BCUT2D eigenvalue weighted by molar-refractivity contribution is -0.125. The fourth-order valence-corrected chi connectivity index (χ4v) is 2.95. The van der Waals surface area contributed by atoms with Crippen molar-refractivity contribution in [1.82, 2.24) is 9.62 Å². The molecular weight excluding hydrogens is 392 g/mol. The molecule has 0 aliphatic heterocycles. The number of carbonyl (C=O) groups excluding carboxylic acids is 2. The third-order valence-corrected chi connectivity index (χ3v) is 4.51. The van der Waals surface area contributed by atoms with E-state index in [1.54, 1.807) is 24.3 Å². The predicted octanol–water partition coefficient (Wildman–Crippen LogP) is 1.34. The van der Waals surface area contributed by atoms with Crippen molar-refractivity contribution >= 4 is 35.7 Å². The van der Waals surface area contributed by atoms with Crippen LogP contribution in [0.4, 0.5) is 0 Å². The van der Waals surface area contributed by atoms with Gasteiger partial charge in [-0.25, -0.2) is 0 Å². The van der Waals surface area contributed by atoms with Gasteiger partial charge in [0.2, 0.25) is 5.91 Å². The number of amides is 2. The summed E-state index contributed by atoms with van der Waals surface area (Å²) in [6.45, 7) is 3.82. The third-order valence-electron chi connectivity index (χ3n) is 3.47. The van der Waals surface area contributed by atoms with Gasteiger partial charge in [0.05, 0.1) is 24.9 Å². The zero-order chi connectivity index (χ0) is 21.6. The number of aliphatic hydroxyl groups is 1. The molecule has 29 heavy (non-hydrogen) atoms. The molecule has 9 nitrogen and oxygen atoms in total. The fraction of sp³-hybridized carbons (Fsp3) is 0.421. The molecule has 4 N–H and O–H groups in total. The van der Waals surface area contributed by atoms with Crippen LogP contribution in [0.15, 0.2) is 39.3 Å². The Labute approximate surface area is 174 Å². The molecule has 0 aromatic heterocycles. The Kier molecular flexibility index (Phi) is 11.1. The highest BCUT2D eigenvalue weighted by molar-refractivity contribution is 7.97. The molecule has 0 unspecified atom stereocenters. The van der Waals surface area contributed by atoms with Gasteiger partial charge in [-0.3, -0.25) is 18.9 Å². The highest BCUT2D eigenvalue weighted by Gasteiger charge is 2.16. The van der Waals surface area contributed by atoms with Crippen LogP contribution in [0, 0.1) is 11.3 Å². The van der Waals surface area contributed by atoms with Crippen molar-refractivity contribution in [2.75, 3.05) is 19.7 Å². The van der Waals surface area contributed by atoms with Crippen molar-refractivity contribution in [3.05, 3.63) is 29.8 Å². The van der Waals surface area contributed by atoms with E-state index in [4.69, 9.17) is 16.2 Å². The molecule has 0 bridgehead atoms. The molecule has 1 rings (SSSR count). The summed E-state index contributed by atoms with van der Waals surface area (Å²) in [5.74, 6) is 4.86. The molecule has 0 spiro atoms. The second-order valence-electron chi connectivity index (χ2n) is 6.21. The minimum Gasteiger partial charge on any atom is -0.394 e. The van der Waals surface area contributed by atoms with Crippen molar-refractivity contribution in [1.29, 1.82) is 5.26 Å². The molecule has 1 aromatic carbocycles. The van der Waals surface area contributed by atoms with Gasteiger partial charge in [0.1, 0.15) is 6.54 Å². The first-order valence-electron chi connectivity index (χ1n) is 9.04. The van der Waals surface area contributed by atoms with E-state index in [0.717, 1.165) is 16.8 Å². The summed E-state index contributed by atoms with van der Waals surface area (Å²) >= 11 is 1.13. The average molecular weight is 419 g/mol. The summed E-state index contributed by atoms with van der Waals surface area (Å²) in [5.41, 5.74) is 0.946. The van der Waals surface area contributed by atoms with Crippen LogP contribution >= 0.6 is 11.9 Å². The Balaban J connectivity index is 2.71. The number of nitrogens with two attached hydrogens (primary N) is 1. The Hall–Kier alpha value is -2.90. The lowest BCUT2D eigenvalue weighted by Crippen LogP contribution is -2.30. The minimum atomic E-state index is -0.255. The lowest BCUT2D eigenvalue weighted by Gasteiger charge is -2.18. The van der Waals surface area contributed by atoms with E-state index in [1.165, 1.54) is 10.5 Å². The van der Waals surface area contributed by atoms with Gasteiger partial charge in [-0.15, -0.1) is 0 Å². The van der Waals surface area contributed by atoms with Gasteiger partial charge >= 0.3 is 0 Å². The summed E-state index contributed by atoms with van der Waals surface area (Å²) in [6, 6.07) is 8.81. The predicted molar refractivity (Wildman–Crippen MR) is 114 cm³/mol. The summed E-state index contributed by atoms with van der Waals surface area (Å²) in [6.07, 6.45) is 1.79. The summed E-state index contributed by atoms with van der Waals surface area (Å²) < 4.78 is 1.35. The Morgan fingerprint density at radius 2 is 2.03 bits per heavy atom. The molecule has 0 radical (unpaired) electrons. The van der Waals surface area contributed by atoms with Crippen molar-refractivity contribution in [2.45, 2.75) is 37.6 Å². The van der Waals surface area contributed by atoms with Crippen LogP contribution in [-0.2, 0) is 4.79 Å². The Morgan fingerprint density at radius 1 is 1.34 bits per heavy atom. The number of nitrogens with zero attached hydrogens (tertiary/aromatic N) is 4. The second kappa shape index (κ2) is 13.3. The summed E-state index contributed by atoms with van der Waals surface area (Å²) in [5, 5.41) is 24.1. The number of hydrogen-bond acceptors (Lipinski definition) is 8. The lowest BCUT2D eigenvalue weighted by atomic mass is 10.2. The largest absolute Gasteiger partial charge is 0.394 e. The van der Waals surface area contributed by atoms with Gasteiger partial charge in [0.25, 0.3) is 5.91 Å². The molecule has 0 heterocycles. The normalized spacial score (nSPS) is 11.5. The van der Waals surface area contributed by atoms with Gasteiger partial charge in [-0.2, -0.15) is 10.4 Å². The number of aliphatic hydroxyl groups excluding tert-OH is 1. The maximum atomic E-state index is 12.5. The van der Waals surface area contributed by atoms with E-state index < -0.39 is 0 Å². The maximum absolute atomic E-state index is 12.5. The smallest absolute Gasteiger partial charge is 0.251 e. The molecule has 0 atom stereocenters. The van der Waals surface area contributed by atoms with Gasteiger partial charge < -0.3 is 16.3 Å². The zero-order valence-corrected chi connectivity index (χ0v) is 17.4. The van der Waals surface area contributed by atoms with Gasteiger partial charge in [0, 0.05) is 35.6 Å². The number of hydrogen-bond donors (Lipinski definition) is 3. The van der Waals surface area contributed by atoms with E-state index in [-0.39, 0.29) is 50.4 Å². The van der Waals surface area contributed by atoms with Gasteiger partial charge in [-0.05, 0) is 50.1 Å². The summed E-state index contributed by atoms with van der Waals surface area (Å²) in [4.78, 5) is 29.1. The molecule has 156 valence electrons. The van der Waals surface area contributed by atoms with E-state index in [1.807, 2.05) is 19.9 Å². The van der Waals surface area contributed by atoms with Crippen LogP contribution in [0.1, 0.15) is 37.0 Å². The zero-order valence-electron chi connectivity index (χ0n) is 16.5. The first kappa shape index (κ1) is 24.1. The highest BCUT2D eigenvalue weighted by atomic mass is 32.2. The van der Waals surface area contributed by atoms with E-state index in [9.17, 15) is 9.59 Å². The van der Waals surface area contributed by atoms with Crippen LogP contribution in [0.3, 0.4) is 0 Å². The molecule has 0 aliphatic rings. The first-order chi connectivity index (χ1) is 13.9. The van der Waals surface area contributed by atoms with Crippen molar-refractivity contribution in [2.24, 2.45) is 15.9 Å². The Morgan fingerprint density at radius 3 is 2.59 bits per heavy atom. The standard InChI is InChI=1S/C19H26N6O3S/c1-14(2)23-19(28)15-3-6-17(7-4-15)29-25(11-9-20)18(27)8-5-16(24-21)13-22-10-12-26/h3-4,6-7,13-14,26H,5,8,10-12,21H2,1-2H3,(H,23,28)/b22-13?,24-16-. The van der Waals surface area contributed by atoms with E-state index >= 15 is 0 Å². The molecule has 0 fully saturated rings. The number of hydrazone groups is 1. The molecule has 10 heteroatoms. The quantitative estimate of drug-likeness (QED) is 0.163. The number of nitriles is 1. The number of carbonyl (C=O) groups is 2. The minimum absolute atomic E-state index is 0.0379. The number of nitrogens with one attached hydrogen (secondary N) is 1. The average Bonchev–Trinajstić information content (AvgIpc) is 2.70. The highest BCUT2D eigenvalue weighted by Crippen LogP contribution is 2.24. The van der Waals surface area contributed by atoms with Crippen LogP contribution in [0.25, 0.3) is 0 Å². The summed E-state index contributed by atoms with van der Waals surface area (Å²) in [7, 11) is 0. The number of benzene rings is 1. The van der Waals surface area contributed by atoms with E-state index in [2.05, 4.69) is 15.4 Å². The molecule has 2 amide bonds. The number of aliphatic imine (C=N–C) groups is 1. The van der Waals surface area contributed by atoms with Gasteiger partial charge in [-0.1, -0.05) is 0 Å². The SMILES string of the molecule is CC(C)NC(=O)c1ccc(SN(CC#N)C(=O)CC/C(C=NCCO)=N/N)cc1. The Bertz CT molecular complexity index is 771. The van der Waals surface area contributed by atoms with Crippen molar-refractivity contribution in [3.8, 4) is 6.07 Å². The van der Waals surface area contributed by atoms with Crippen LogP contribution in [-0.4, -0.2) is 58.9 Å². The molecule has 1 aromatic rings. The van der Waals surface area contributed by atoms with Crippen molar-refractivity contribution in [3.63, 3.8) is 0 Å². The first-order valence-corrected chi connectivity index (χ1v) is 9.82. The topological polar surface area (TPSA) is 144 Å². The van der Waals surface area contributed by atoms with Crippen molar-refractivity contribution < 1.29 is 14.7 Å². The van der Waals surface area contributed by atoms with Crippen LogP contribution in [0.2, 0.25) is 0 Å². The fourth-order valence-electron chi connectivity index (χ4n) is 2.13. The molecule has 0 aliphatic carbocycles. The maximum Gasteiger partial charge on any atom is 0.251 e. The van der Waals surface area contributed by atoms with E-state index in [0.29, 0.717) is 11.3 Å². The second-order valence-corrected chi connectivity index (χ2v) is 7.31. The van der Waals surface area contributed by atoms with Gasteiger partial charge in [0.15, 0.2) is 0 Å². The molecule has 0 saturated carbocycles. The number of rotatable bonds is 11. The third kappa shape index (κ3) is 9.23.